The molecule has 410 valence electrons. The Kier molecular flexibility index (Phi) is 21.3. The second-order valence-electron chi connectivity index (χ2n) is 19.0. The first-order valence-corrected chi connectivity index (χ1v) is 26.1. The number of rotatable bonds is 28. The van der Waals surface area contributed by atoms with E-state index >= 15 is 0 Å². The number of ether oxygens (including phenoxy) is 2. The molecule has 20 nitrogen and oxygen atoms in total. The van der Waals surface area contributed by atoms with Gasteiger partial charge in [-0.15, -0.1) is 0 Å². The smallest absolute Gasteiger partial charge is 0.407 e. The van der Waals surface area contributed by atoms with E-state index in [1.807, 2.05) is 54.6 Å². The van der Waals surface area contributed by atoms with Gasteiger partial charge in [-0.05, 0) is 71.8 Å². The Morgan fingerprint density at radius 1 is 0.603 bits per heavy atom. The number of fused-ring (bicyclic) bond motifs is 1. The fourth-order valence-electron chi connectivity index (χ4n) is 9.07. The molecule has 1 aliphatic rings. The van der Waals surface area contributed by atoms with Gasteiger partial charge in [0.05, 0.1) is 6.04 Å². The molecule has 20 heteroatoms. The first-order valence-electron chi connectivity index (χ1n) is 26.1. The molecule has 7 atom stereocenters. The summed E-state index contributed by atoms with van der Waals surface area (Å²) in [4.78, 5) is 101. The van der Waals surface area contributed by atoms with E-state index in [-0.39, 0.29) is 58.3 Å². The van der Waals surface area contributed by atoms with Crippen molar-refractivity contribution in [3.05, 3.63) is 174 Å². The molecule has 0 unspecified atom stereocenters. The molecule has 0 saturated carbocycles. The molecule has 13 N–H and O–H groups in total. The summed E-state index contributed by atoms with van der Waals surface area (Å²) in [5.41, 5.74) is 15.5. The normalized spacial score (nSPS) is 15.8. The van der Waals surface area contributed by atoms with Crippen molar-refractivity contribution in [1.82, 2.24) is 42.2 Å². The standard InChI is InChI=1S/C58H68N10O10/c59-27-13-12-22-46(52(69)65-48(54(71)67-50(57(74)75)31-37-14-4-1-5-15-37)30-38-23-25-42(26-24-38)77-36-39-16-6-2-7-17-39)64-55(72)49(32-41-34-62-45-21-11-10-20-44(41)45)66-56(73)51(40-18-8-3-9-19-40)68-53(70)47-33-43(35-63-47)78-58(76)61-29-28-60/h1-11,14-21,23-26,34,43,46-51,62-63H,12-13,22,27-33,35-36,59-60H2,(H,61,76)(H,64,72)(H,65,69)(H,66,73)(H,67,71)(H,68,70)(H,74,75)/t43-,46+,47+,48+,49-,50+,51+/m1/s1. The van der Waals surface area contributed by atoms with E-state index < -0.39 is 84.0 Å². The second kappa shape index (κ2) is 29.1. The van der Waals surface area contributed by atoms with E-state index in [1.165, 1.54) is 0 Å². The third kappa shape index (κ3) is 17.0. The number of nitrogens with one attached hydrogen (secondary N) is 8. The maximum atomic E-state index is 14.9. The van der Waals surface area contributed by atoms with E-state index in [2.05, 4.69) is 42.2 Å². The van der Waals surface area contributed by atoms with Crippen molar-refractivity contribution in [2.45, 2.75) is 93.9 Å². The lowest BCUT2D eigenvalue weighted by molar-refractivity contribution is -0.142. The fraction of sp³-hybridized carbons (Fsp3) is 0.328. The number of aliphatic carboxylic acids is 1. The molecular formula is C58H68N10O10. The van der Waals surface area contributed by atoms with E-state index in [0.717, 1.165) is 16.5 Å². The Hall–Kier alpha value is -8.59. The van der Waals surface area contributed by atoms with Crippen LogP contribution >= 0.6 is 0 Å². The average Bonchev–Trinajstić information content (AvgIpc) is 4.11. The van der Waals surface area contributed by atoms with Crippen molar-refractivity contribution in [2.24, 2.45) is 11.5 Å². The zero-order valence-corrected chi connectivity index (χ0v) is 43.2. The molecule has 6 aromatic rings. The summed E-state index contributed by atoms with van der Waals surface area (Å²) in [5, 5.41) is 30.7. The molecular weight excluding hydrogens is 997 g/mol. The van der Waals surface area contributed by atoms with Gasteiger partial charge >= 0.3 is 12.1 Å². The number of benzene rings is 5. The zero-order valence-electron chi connectivity index (χ0n) is 43.2. The molecule has 0 radical (unpaired) electrons. The van der Waals surface area contributed by atoms with Crippen LogP contribution in [0.15, 0.2) is 146 Å². The van der Waals surface area contributed by atoms with Crippen LogP contribution in [-0.4, -0.2) is 114 Å². The molecule has 0 bridgehead atoms. The van der Waals surface area contributed by atoms with Crippen LogP contribution < -0.4 is 53.4 Å². The fourth-order valence-corrected chi connectivity index (χ4v) is 9.07. The van der Waals surface area contributed by atoms with Crippen LogP contribution in [0, 0.1) is 0 Å². The highest BCUT2D eigenvalue weighted by Crippen LogP contribution is 2.22. The van der Waals surface area contributed by atoms with Gasteiger partial charge in [-0.2, -0.15) is 0 Å². The average molecular weight is 1070 g/mol. The van der Waals surface area contributed by atoms with Gasteiger partial charge in [0.1, 0.15) is 48.7 Å². The Bertz CT molecular complexity index is 2930. The topological polar surface area (TPSA) is 310 Å². The van der Waals surface area contributed by atoms with Crippen molar-refractivity contribution < 1.29 is 48.1 Å². The lowest BCUT2D eigenvalue weighted by atomic mass is 10.00. The van der Waals surface area contributed by atoms with Gasteiger partial charge in [-0.3, -0.25) is 24.0 Å². The minimum atomic E-state index is -1.35. The number of alkyl carbamates (subject to hydrolysis) is 1. The van der Waals surface area contributed by atoms with E-state index in [9.17, 15) is 38.7 Å². The quantitative estimate of drug-likeness (QED) is 0.0315. The van der Waals surface area contributed by atoms with Crippen molar-refractivity contribution in [2.75, 3.05) is 26.2 Å². The first-order chi connectivity index (χ1) is 37.9. The summed E-state index contributed by atoms with van der Waals surface area (Å²) in [5.74, 6) is -4.26. The van der Waals surface area contributed by atoms with Gasteiger partial charge < -0.3 is 68.2 Å². The first kappa shape index (κ1) is 57.1. The predicted octanol–water partition coefficient (Wildman–Crippen LogP) is 3.20. The number of carboxylic acid groups (broad SMARTS) is 1. The number of carbonyl (C=O) groups excluding carboxylic acids is 6. The third-order valence-corrected chi connectivity index (χ3v) is 13.2. The van der Waals surface area contributed by atoms with E-state index in [0.29, 0.717) is 47.5 Å². The monoisotopic (exact) mass is 1060 g/mol. The lowest BCUT2D eigenvalue weighted by Gasteiger charge is -2.27. The molecule has 1 aliphatic heterocycles. The van der Waals surface area contributed by atoms with Crippen molar-refractivity contribution in [3.63, 3.8) is 0 Å². The zero-order chi connectivity index (χ0) is 55.2. The highest BCUT2D eigenvalue weighted by atomic mass is 16.6. The van der Waals surface area contributed by atoms with Gasteiger partial charge in [-0.1, -0.05) is 121 Å². The maximum Gasteiger partial charge on any atom is 0.407 e. The SMILES string of the molecule is NCCCC[C@H](NC(=O)[C@@H](Cc1c[nH]c2ccccc12)NC(=O)[C@@H](NC(=O)[C@@H]1C[C@@H](OC(=O)NCCN)CN1)c1ccccc1)C(=O)N[C@@H](Cc1ccc(OCc2ccccc2)cc1)C(=O)N[C@@H](Cc1ccccc1)C(=O)O. The highest BCUT2D eigenvalue weighted by Gasteiger charge is 2.37. The molecule has 1 saturated heterocycles. The summed E-state index contributed by atoms with van der Waals surface area (Å²) in [6.07, 6.45) is 1.33. The number of carboxylic acids is 1. The number of aromatic amines is 1. The molecule has 1 aromatic heterocycles. The van der Waals surface area contributed by atoms with Gasteiger partial charge in [0.15, 0.2) is 0 Å². The molecule has 1 fully saturated rings. The number of carbonyl (C=O) groups is 7. The van der Waals surface area contributed by atoms with Crippen LogP contribution in [0.4, 0.5) is 4.79 Å². The van der Waals surface area contributed by atoms with Crippen LogP contribution in [0.25, 0.3) is 10.9 Å². The van der Waals surface area contributed by atoms with E-state index in [1.54, 1.807) is 91.1 Å². The van der Waals surface area contributed by atoms with Crippen LogP contribution in [0.3, 0.4) is 0 Å². The number of para-hydroxylation sites is 1. The predicted molar refractivity (Wildman–Crippen MR) is 292 cm³/mol. The van der Waals surface area contributed by atoms with Crippen LogP contribution in [-0.2, 0) is 59.4 Å². The summed E-state index contributed by atoms with van der Waals surface area (Å²) < 4.78 is 11.4. The van der Waals surface area contributed by atoms with E-state index in [4.69, 9.17) is 20.9 Å². The van der Waals surface area contributed by atoms with Crippen molar-refractivity contribution >= 4 is 52.5 Å². The number of hydrogen-bond donors (Lipinski definition) is 11. The minimum absolute atomic E-state index is 0.0326. The second-order valence-corrected chi connectivity index (χ2v) is 19.0. The number of amides is 6. The van der Waals surface area contributed by atoms with Gasteiger partial charge in [0.25, 0.3) is 0 Å². The molecule has 78 heavy (non-hydrogen) atoms. The summed E-state index contributed by atoms with van der Waals surface area (Å²) in [7, 11) is 0. The summed E-state index contributed by atoms with van der Waals surface area (Å²) in [6, 6.07) is 33.9. The number of unbranched alkanes of at least 4 members (excludes halogenated alkanes) is 1. The van der Waals surface area contributed by atoms with Crippen molar-refractivity contribution in [3.8, 4) is 5.75 Å². The molecule has 5 aromatic carbocycles. The summed E-state index contributed by atoms with van der Waals surface area (Å²) >= 11 is 0. The molecule has 0 aliphatic carbocycles. The van der Waals surface area contributed by atoms with Crippen LogP contribution in [0.2, 0.25) is 0 Å². The number of H-pyrrole nitrogens is 1. The lowest BCUT2D eigenvalue weighted by Crippen LogP contribution is -2.59. The number of aromatic nitrogens is 1. The van der Waals surface area contributed by atoms with Crippen molar-refractivity contribution in [1.29, 1.82) is 0 Å². The Morgan fingerprint density at radius 2 is 1.18 bits per heavy atom. The van der Waals surface area contributed by atoms with Gasteiger partial charge in [-0.25, -0.2) is 9.59 Å². The largest absolute Gasteiger partial charge is 0.489 e. The van der Waals surface area contributed by atoms with Gasteiger partial charge in [0.2, 0.25) is 29.5 Å². The Morgan fingerprint density at radius 3 is 1.86 bits per heavy atom. The number of nitrogens with two attached hydrogens (primary N) is 2. The maximum absolute atomic E-state index is 14.9. The van der Waals surface area contributed by atoms with Gasteiger partial charge in [0, 0.05) is 62.4 Å². The van der Waals surface area contributed by atoms with Crippen LogP contribution in [0.1, 0.15) is 59.5 Å². The third-order valence-electron chi connectivity index (χ3n) is 13.2. The summed E-state index contributed by atoms with van der Waals surface area (Å²) in [6.45, 7) is 1.23. The number of hydrogen-bond acceptors (Lipinski definition) is 12. The van der Waals surface area contributed by atoms with Crippen LogP contribution in [0.5, 0.6) is 5.75 Å². The molecule has 0 spiro atoms. The minimum Gasteiger partial charge on any atom is -0.489 e. The molecule has 7 rings (SSSR count). The highest BCUT2D eigenvalue weighted by molar-refractivity contribution is 5.97. The molecule has 2 heterocycles. The Balaban J connectivity index is 1.13. The Labute approximate surface area is 452 Å². The molecule has 6 amide bonds.